The third-order valence-electron chi connectivity index (χ3n) is 3.25. The molecule has 1 unspecified atom stereocenters. The summed E-state index contributed by atoms with van der Waals surface area (Å²) >= 11 is 0. The average molecular weight is 268 g/mol. The molecule has 0 saturated carbocycles. The van der Waals surface area contributed by atoms with Crippen molar-refractivity contribution in [1.29, 1.82) is 0 Å². The highest BCUT2D eigenvalue weighted by molar-refractivity contribution is 7.90. The van der Waals surface area contributed by atoms with Crippen LogP contribution in [0.4, 0.5) is 0 Å². The van der Waals surface area contributed by atoms with Crippen LogP contribution in [0.2, 0.25) is 0 Å². The quantitative estimate of drug-likeness (QED) is 0.831. The molecule has 1 aliphatic rings. The Labute approximate surface area is 109 Å². The minimum Gasteiger partial charge on any atom is -0.315 e. The first-order valence-electron chi connectivity index (χ1n) is 6.33. The van der Waals surface area contributed by atoms with Crippen LogP contribution in [0.15, 0.2) is 24.3 Å². The molecule has 1 fully saturated rings. The Balaban J connectivity index is 1.84. The van der Waals surface area contributed by atoms with Gasteiger partial charge in [0.15, 0.2) is 0 Å². The molecule has 18 heavy (non-hydrogen) atoms. The fourth-order valence-electron chi connectivity index (χ4n) is 2.22. The normalized spacial score (nSPS) is 20.2. The molecule has 5 heteroatoms. The zero-order valence-corrected chi connectivity index (χ0v) is 11.5. The van der Waals surface area contributed by atoms with Crippen molar-refractivity contribution < 1.29 is 8.42 Å². The highest BCUT2D eigenvalue weighted by Gasteiger charge is 2.27. The number of hydrogen-bond acceptors (Lipinski definition) is 3. The Hall–Kier alpha value is -0.910. The second-order valence-corrected chi connectivity index (χ2v) is 6.84. The molecular formula is C13H20N2O2S. The Morgan fingerprint density at radius 1 is 1.44 bits per heavy atom. The number of benzene rings is 1. The van der Waals surface area contributed by atoms with Crippen molar-refractivity contribution in [2.75, 3.05) is 19.6 Å². The van der Waals surface area contributed by atoms with E-state index < -0.39 is 10.0 Å². The van der Waals surface area contributed by atoms with Crippen LogP contribution in [0.25, 0.3) is 0 Å². The second-order valence-electron chi connectivity index (χ2n) is 4.79. The van der Waals surface area contributed by atoms with E-state index in [0.29, 0.717) is 19.5 Å². The molecule has 1 heterocycles. The lowest BCUT2D eigenvalue weighted by molar-refractivity contribution is 0.568. The smallest absolute Gasteiger partial charge is 0.215 e. The molecule has 0 aromatic heterocycles. The van der Waals surface area contributed by atoms with E-state index in [0.717, 1.165) is 13.0 Å². The van der Waals surface area contributed by atoms with Gasteiger partial charge in [0, 0.05) is 13.1 Å². The molecule has 1 aromatic carbocycles. The summed E-state index contributed by atoms with van der Waals surface area (Å²) in [4.78, 5) is 0. The van der Waals surface area contributed by atoms with Crippen molar-refractivity contribution in [3.63, 3.8) is 0 Å². The fraction of sp³-hybridized carbons (Fsp3) is 0.538. The van der Waals surface area contributed by atoms with Crippen molar-refractivity contribution in [2.24, 2.45) is 0 Å². The lowest BCUT2D eigenvalue weighted by Crippen LogP contribution is -2.36. The van der Waals surface area contributed by atoms with Gasteiger partial charge >= 0.3 is 0 Å². The zero-order valence-electron chi connectivity index (χ0n) is 10.6. The van der Waals surface area contributed by atoms with Crippen LogP contribution in [0.5, 0.6) is 0 Å². The van der Waals surface area contributed by atoms with Crippen LogP contribution in [-0.4, -0.2) is 33.3 Å². The number of aryl methyl sites for hydroxylation is 1. The van der Waals surface area contributed by atoms with Crippen LogP contribution < -0.4 is 10.0 Å². The largest absolute Gasteiger partial charge is 0.315 e. The Bertz CT molecular complexity index is 493. The monoisotopic (exact) mass is 268 g/mol. The van der Waals surface area contributed by atoms with Crippen LogP contribution in [0.3, 0.4) is 0 Å². The molecule has 4 nitrogen and oxygen atoms in total. The molecule has 0 aliphatic carbocycles. The lowest BCUT2D eigenvalue weighted by Gasteiger charge is -2.11. The van der Waals surface area contributed by atoms with Gasteiger partial charge in [0.1, 0.15) is 0 Å². The van der Waals surface area contributed by atoms with Gasteiger partial charge in [0.2, 0.25) is 10.0 Å². The predicted octanol–water partition coefficient (Wildman–Crippen LogP) is 0.819. The molecule has 1 saturated heterocycles. The van der Waals surface area contributed by atoms with Crippen LogP contribution in [0.1, 0.15) is 17.5 Å². The van der Waals surface area contributed by atoms with Gasteiger partial charge in [-0.1, -0.05) is 29.8 Å². The molecule has 1 aromatic rings. The maximum absolute atomic E-state index is 11.9. The van der Waals surface area contributed by atoms with Crippen molar-refractivity contribution in [3.8, 4) is 0 Å². The first-order chi connectivity index (χ1) is 8.58. The second kappa shape index (κ2) is 5.82. The number of rotatable bonds is 5. The number of sulfonamides is 1. The molecule has 2 rings (SSSR count). The van der Waals surface area contributed by atoms with E-state index in [9.17, 15) is 8.42 Å². The summed E-state index contributed by atoms with van der Waals surface area (Å²) in [6.07, 6.45) is 1.45. The molecular weight excluding hydrogens is 248 g/mol. The molecule has 0 radical (unpaired) electrons. The zero-order chi connectivity index (χ0) is 13.0. The summed E-state index contributed by atoms with van der Waals surface area (Å²) in [7, 11) is -3.15. The van der Waals surface area contributed by atoms with Gasteiger partial charge < -0.3 is 5.32 Å². The average Bonchev–Trinajstić information content (AvgIpc) is 2.83. The summed E-state index contributed by atoms with van der Waals surface area (Å²) in [6, 6.07) is 8.15. The minimum absolute atomic E-state index is 0.269. The third-order valence-corrected chi connectivity index (χ3v) is 5.14. The summed E-state index contributed by atoms with van der Waals surface area (Å²) in [5, 5.41) is 2.81. The third kappa shape index (κ3) is 3.54. The van der Waals surface area contributed by atoms with Crippen LogP contribution >= 0.6 is 0 Å². The van der Waals surface area contributed by atoms with Gasteiger partial charge in [-0.25, -0.2) is 13.1 Å². The van der Waals surface area contributed by atoms with Gasteiger partial charge in [0.25, 0.3) is 0 Å². The van der Waals surface area contributed by atoms with E-state index in [4.69, 9.17) is 0 Å². The summed E-state index contributed by atoms with van der Waals surface area (Å²) < 4.78 is 26.6. The minimum atomic E-state index is -3.15. The van der Waals surface area contributed by atoms with Crippen molar-refractivity contribution in [3.05, 3.63) is 35.4 Å². The van der Waals surface area contributed by atoms with E-state index >= 15 is 0 Å². The first kappa shape index (κ1) is 13.5. The van der Waals surface area contributed by atoms with E-state index in [-0.39, 0.29) is 5.25 Å². The summed E-state index contributed by atoms with van der Waals surface area (Å²) in [5.41, 5.74) is 2.37. The van der Waals surface area contributed by atoms with Crippen LogP contribution in [0, 0.1) is 6.92 Å². The molecule has 0 spiro atoms. The van der Waals surface area contributed by atoms with Gasteiger partial charge in [-0.2, -0.15) is 0 Å². The molecule has 1 aliphatic heterocycles. The molecule has 0 bridgehead atoms. The van der Waals surface area contributed by atoms with Gasteiger partial charge in [0.05, 0.1) is 5.25 Å². The summed E-state index contributed by atoms with van der Waals surface area (Å²) in [5.74, 6) is 0. The fourth-order valence-corrected chi connectivity index (χ4v) is 3.60. The summed E-state index contributed by atoms with van der Waals surface area (Å²) in [6.45, 7) is 3.88. The topological polar surface area (TPSA) is 58.2 Å². The van der Waals surface area contributed by atoms with Gasteiger partial charge in [-0.05, 0) is 31.9 Å². The van der Waals surface area contributed by atoms with Crippen molar-refractivity contribution >= 4 is 10.0 Å². The Morgan fingerprint density at radius 3 is 2.94 bits per heavy atom. The first-order valence-corrected chi connectivity index (χ1v) is 7.87. The molecule has 2 N–H and O–H groups in total. The van der Waals surface area contributed by atoms with E-state index in [1.165, 1.54) is 11.1 Å². The maximum atomic E-state index is 11.9. The maximum Gasteiger partial charge on any atom is 0.215 e. The van der Waals surface area contributed by atoms with Gasteiger partial charge in [-0.3, -0.25) is 0 Å². The highest BCUT2D eigenvalue weighted by atomic mass is 32.2. The molecule has 1 atom stereocenters. The highest BCUT2D eigenvalue weighted by Crippen LogP contribution is 2.09. The van der Waals surface area contributed by atoms with Crippen LogP contribution in [-0.2, 0) is 16.4 Å². The van der Waals surface area contributed by atoms with E-state index in [1.54, 1.807) is 0 Å². The Kier molecular flexibility index (Phi) is 4.37. The van der Waals surface area contributed by atoms with Crippen molar-refractivity contribution in [1.82, 2.24) is 10.0 Å². The molecule has 0 amide bonds. The van der Waals surface area contributed by atoms with E-state index in [2.05, 4.69) is 16.1 Å². The Morgan fingerprint density at radius 2 is 2.28 bits per heavy atom. The molecule has 100 valence electrons. The van der Waals surface area contributed by atoms with E-state index in [1.807, 2.05) is 25.1 Å². The standard InChI is InChI=1S/C13H20N2O2S/c1-11-3-2-4-12(9-11)5-8-15-18(16,17)13-6-7-14-10-13/h2-4,9,13-15H,5-8,10H2,1H3. The van der Waals surface area contributed by atoms with Crippen molar-refractivity contribution in [2.45, 2.75) is 25.0 Å². The van der Waals surface area contributed by atoms with Gasteiger partial charge in [-0.15, -0.1) is 0 Å². The lowest BCUT2D eigenvalue weighted by atomic mass is 10.1. The predicted molar refractivity (Wildman–Crippen MR) is 73.1 cm³/mol. The SMILES string of the molecule is Cc1cccc(CCNS(=O)(=O)C2CCNC2)c1. The number of nitrogens with one attached hydrogen (secondary N) is 2. The number of hydrogen-bond donors (Lipinski definition) is 2.